The zero-order chi connectivity index (χ0) is 16.7. The zero-order valence-electron chi connectivity index (χ0n) is 12.9. The van der Waals surface area contributed by atoms with Gasteiger partial charge in [-0.3, -0.25) is 4.79 Å². The van der Waals surface area contributed by atoms with Crippen LogP contribution in [0.5, 0.6) is 5.88 Å². The molecule has 6 nitrogen and oxygen atoms in total. The summed E-state index contributed by atoms with van der Waals surface area (Å²) in [6, 6.07) is 11.0. The first-order chi connectivity index (χ1) is 11.7. The Morgan fingerprint density at radius 3 is 2.96 bits per heavy atom. The van der Waals surface area contributed by atoms with E-state index in [9.17, 15) is 9.90 Å². The minimum atomic E-state index is -0.169. The van der Waals surface area contributed by atoms with E-state index in [1.54, 1.807) is 31.4 Å². The fourth-order valence-corrected chi connectivity index (χ4v) is 2.80. The number of nitrogens with one attached hydrogen (secondary N) is 2. The number of amides is 1. The van der Waals surface area contributed by atoms with Gasteiger partial charge in [0, 0.05) is 34.3 Å². The smallest absolute Gasteiger partial charge is 0.251 e. The maximum atomic E-state index is 11.8. The van der Waals surface area contributed by atoms with Gasteiger partial charge in [-0.05, 0) is 35.6 Å². The largest absolute Gasteiger partial charge is 0.494 e. The average molecular weight is 318 g/mol. The van der Waals surface area contributed by atoms with Crippen molar-refractivity contribution in [1.29, 1.82) is 0 Å². The minimum absolute atomic E-state index is 0.0627. The van der Waals surface area contributed by atoms with Gasteiger partial charge in [-0.1, -0.05) is 12.1 Å². The molecule has 4 rings (SSSR count). The van der Waals surface area contributed by atoms with Gasteiger partial charge in [0.1, 0.15) is 0 Å². The van der Waals surface area contributed by atoms with Crippen LogP contribution in [0.3, 0.4) is 0 Å². The van der Waals surface area contributed by atoms with Crippen molar-refractivity contribution >= 4 is 34.8 Å². The molecule has 1 amide bonds. The fourth-order valence-electron chi connectivity index (χ4n) is 2.80. The Kier molecular flexibility index (Phi) is 3.16. The summed E-state index contributed by atoms with van der Waals surface area (Å²) in [5.74, 6) is -0.107. The summed E-state index contributed by atoms with van der Waals surface area (Å²) >= 11 is 0. The Morgan fingerprint density at radius 2 is 2.12 bits per heavy atom. The van der Waals surface area contributed by atoms with Crippen molar-refractivity contribution in [3.63, 3.8) is 0 Å². The van der Waals surface area contributed by atoms with Gasteiger partial charge in [-0.25, -0.2) is 0 Å². The molecule has 1 aliphatic heterocycles. The summed E-state index contributed by atoms with van der Waals surface area (Å²) in [6.07, 6.45) is 3.56. The quantitative estimate of drug-likeness (QED) is 0.673. The second kappa shape index (κ2) is 5.34. The maximum absolute atomic E-state index is 11.8. The molecule has 0 atom stereocenters. The molecule has 1 aromatic heterocycles. The molecule has 2 aromatic carbocycles. The van der Waals surface area contributed by atoms with Crippen LogP contribution in [0, 0.1) is 0 Å². The zero-order valence-corrected chi connectivity index (χ0v) is 12.9. The van der Waals surface area contributed by atoms with E-state index in [-0.39, 0.29) is 11.8 Å². The van der Waals surface area contributed by atoms with E-state index in [0.717, 1.165) is 27.0 Å². The molecule has 24 heavy (non-hydrogen) atoms. The van der Waals surface area contributed by atoms with Crippen LogP contribution in [0.2, 0.25) is 0 Å². The molecule has 0 spiro atoms. The van der Waals surface area contributed by atoms with E-state index in [1.165, 1.54) is 0 Å². The highest BCUT2D eigenvalue weighted by molar-refractivity contribution is 6.00. The van der Waals surface area contributed by atoms with Crippen LogP contribution < -0.4 is 15.8 Å². The molecule has 0 unspecified atom stereocenters. The molecule has 3 N–H and O–H groups in total. The van der Waals surface area contributed by atoms with Crippen LogP contribution >= 0.6 is 0 Å². The molecule has 6 heteroatoms. The van der Waals surface area contributed by atoms with Gasteiger partial charge in [-0.2, -0.15) is 10.2 Å². The first-order valence-electron chi connectivity index (χ1n) is 7.45. The number of aromatic hydroxyl groups is 1. The lowest BCUT2D eigenvalue weighted by molar-refractivity contribution is 0.0963. The van der Waals surface area contributed by atoms with Crippen LogP contribution in [-0.2, 0) is 0 Å². The number of carbonyl (C=O) groups excluding carboxylic acids is 1. The van der Waals surface area contributed by atoms with Crippen molar-refractivity contribution in [2.75, 3.05) is 7.05 Å². The number of rotatable bonds is 2. The second-order valence-corrected chi connectivity index (χ2v) is 5.53. The van der Waals surface area contributed by atoms with Crippen molar-refractivity contribution in [2.45, 2.75) is 0 Å². The standard InChI is InChI=1S/C18H14N4O2/c1-19-17(23)11-4-5-15-13(8-11)14(18(24)21-15)6-10-2-3-12-9-20-22-16(12)7-10/h2-9,21,24H,1H3,(H,19,23). The van der Waals surface area contributed by atoms with Gasteiger partial charge in [-0.15, -0.1) is 0 Å². The van der Waals surface area contributed by atoms with Gasteiger partial charge < -0.3 is 15.4 Å². The molecule has 2 heterocycles. The van der Waals surface area contributed by atoms with E-state index in [0.29, 0.717) is 11.1 Å². The number of hydrogen-bond acceptors (Lipinski definition) is 4. The van der Waals surface area contributed by atoms with Gasteiger partial charge in [0.25, 0.3) is 5.91 Å². The third kappa shape index (κ3) is 2.25. The van der Waals surface area contributed by atoms with Crippen LogP contribution in [0.4, 0.5) is 5.69 Å². The molecule has 0 radical (unpaired) electrons. The Bertz CT molecular complexity index is 1130. The third-order valence-electron chi connectivity index (χ3n) is 4.03. The summed E-state index contributed by atoms with van der Waals surface area (Å²) in [7, 11) is 1.59. The molecule has 0 saturated heterocycles. The molecule has 118 valence electrons. The van der Waals surface area contributed by atoms with Crippen LogP contribution in [0.1, 0.15) is 15.9 Å². The number of nitrogens with zero attached hydrogens (tertiary/aromatic N) is 2. The SMILES string of the molecule is CNC(=O)c1ccc2[nH]c(O)c(C=c3ccc4c(c3)N=NC=4)c2c1. The summed E-state index contributed by atoms with van der Waals surface area (Å²) in [4.78, 5) is 14.8. The Hall–Kier alpha value is -3.41. The monoisotopic (exact) mass is 318 g/mol. The van der Waals surface area contributed by atoms with E-state index in [2.05, 4.69) is 20.5 Å². The predicted octanol–water partition coefficient (Wildman–Crippen LogP) is 1.90. The molecular formula is C18H14N4O2. The van der Waals surface area contributed by atoms with Gasteiger partial charge in [0.15, 0.2) is 5.88 Å². The summed E-state index contributed by atoms with van der Waals surface area (Å²) < 4.78 is 0. The van der Waals surface area contributed by atoms with Crippen molar-refractivity contribution in [2.24, 2.45) is 10.2 Å². The lowest BCUT2D eigenvalue weighted by atomic mass is 10.1. The topological polar surface area (TPSA) is 89.8 Å². The van der Waals surface area contributed by atoms with E-state index in [4.69, 9.17) is 0 Å². The number of benzene rings is 2. The van der Waals surface area contributed by atoms with Crippen LogP contribution in [-0.4, -0.2) is 23.0 Å². The van der Waals surface area contributed by atoms with Gasteiger partial charge in [0.05, 0.1) is 11.9 Å². The second-order valence-electron chi connectivity index (χ2n) is 5.53. The number of H-pyrrole nitrogens is 1. The van der Waals surface area contributed by atoms with Crippen LogP contribution in [0.25, 0.3) is 23.2 Å². The summed E-state index contributed by atoms with van der Waals surface area (Å²) in [6.45, 7) is 0. The van der Waals surface area contributed by atoms with Crippen molar-refractivity contribution in [3.8, 4) is 5.88 Å². The summed E-state index contributed by atoms with van der Waals surface area (Å²) in [5, 5.41) is 23.4. The van der Waals surface area contributed by atoms with Crippen LogP contribution in [0.15, 0.2) is 46.6 Å². The number of azo groups is 1. The van der Waals surface area contributed by atoms with E-state index in [1.807, 2.05) is 24.3 Å². The maximum Gasteiger partial charge on any atom is 0.251 e. The minimum Gasteiger partial charge on any atom is -0.494 e. The first kappa shape index (κ1) is 14.2. The number of fused-ring (bicyclic) bond motifs is 2. The lowest BCUT2D eigenvalue weighted by Gasteiger charge is -2.00. The molecule has 0 fully saturated rings. The fraction of sp³-hybridized carbons (Fsp3) is 0.0556. The molecule has 0 saturated carbocycles. The van der Waals surface area contributed by atoms with Crippen molar-refractivity contribution in [1.82, 2.24) is 10.3 Å². The van der Waals surface area contributed by atoms with Crippen molar-refractivity contribution in [3.05, 3.63) is 58.0 Å². The third-order valence-corrected chi connectivity index (χ3v) is 4.03. The number of aromatic nitrogens is 1. The summed E-state index contributed by atoms with van der Waals surface area (Å²) in [5.41, 5.74) is 2.74. The lowest BCUT2D eigenvalue weighted by Crippen LogP contribution is -2.17. The highest BCUT2D eigenvalue weighted by atomic mass is 16.3. The Balaban J connectivity index is 1.91. The van der Waals surface area contributed by atoms with Gasteiger partial charge in [0.2, 0.25) is 0 Å². The molecular weight excluding hydrogens is 304 g/mol. The van der Waals surface area contributed by atoms with E-state index < -0.39 is 0 Å². The average Bonchev–Trinajstić information content (AvgIpc) is 3.18. The normalized spacial score (nSPS) is 13.1. The molecule has 0 bridgehead atoms. The predicted molar refractivity (Wildman–Crippen MR) is 91.6 cm³/mol. The number of aromatic amines is 1. The first-order valence-corrected chi connectivity index (χ1v) is 7.45. The van der Waals surface area contributed by atoms with Gasteiger partial charge >= 0.3 is 0 Å². The number of carbonyl (C=O) groups is 1. The van der Waals surface area contributed by atoms with E-state index >= 15 is 0 Å². The number of hydrogen-bond donors (Lipinski definition) is 3. The molecule has 3 aromatic rings. The van der Waals surface area contributed by atoms with Crippen molar-refractivity contribution < 1.29 is 9.90 Å². The highest BCUT2D eigenvalue weighted by Gasteiger charge is 2.11. The Labute approximate surface area is 136 Å². The molecule has 1 aliphatic rings. The molecule has 0 aliphatic carbocycles. The Morgan fingerprint density at radius 1 is 1.25 bits per heavy atom. The highest BCUT2D eigenvalue weighted by Crippen LogP contribution is 2.28.